The number of hydrogen-bond donors (Lipinski definition) is 2. The minimum absolute atomic E-state index is 0.00365. The van der Waals surface area contributed by atoms with Crippen molar-refractivity contribution in [2.45, 2.75) is 37.5 Å². The van der Waals surface area contributed by atoms with E-state index in [4.69, 9.17) is 4.74 Å². The third-order valence-corrected chi connectivity index (χ3v) is 5.99. The summed E-state index contributed by atoms with van der Waals surface area (Å²) in [6, 6.07) is 10.8. The van der Waals surface area contributed by atoms with Crippen LogP contribution >= 0.6 is 0 Å². The largest absolute Gasteiger partial charge is 0.381 e. The molecule has 6 nitrogen and oxygen atoms in total. The van der Waals surface area contributed by atoms with Crippen molar-refractivity contribution in [2.75, 3.05) is 46.9 Å². The first-order valence-electron chi connectivity index (χ1n) is 10.4. The Labute approximate surface area is 168 Å². The molecule has 0 bridgehead atoms. The molecule has 1 atom stereocenters. The number of aliphatic imine (C=N–C) groups is 1. The predicted octanol–water partition coefficient (Wildman–Crippen LogP) is 2.16. The Kier molecular flexibility index (Phi) is 7.31. The van der Waals surface area contributed by atoms with Crippen molar-refractivity contribution in [1.29, 1.82) is 0 Å². The quantitative estimate of drug-likeness (QED) is 0.557. The smallest absolute Gasteiger partial charge is 0.243 e. The van der Waals surface area contributed by atoms with E-state index in [9.17, 15) is 4.79 Å². The topological polar surface area (TPSA) is 66.0 Å². The summed E-state index contributed by atoms with van der Waals surface area (Å²) in [5, 5.41) is 6.98. The molecule has 2 fully saturated rings. The number of guanidine groups is 1. The van der Waals surface area contributed by atoms with Crippen LogP contribution in [0.1, 0.15) is 37.7 Å². The number of amides is 1. The molecule has 154 valence electrons. The summed E-state index contributed by atoms with van der Waals surface area (Å²) >= 11 is 0. The first-order chi connectivity index (χ1) is 13.6. The van der Waals surface area contributed by atoms with Crippen molar-refractivity contribution in [2.24, 2.45) is 10.9 Å². The van der Waals surface area contributed by atoms with Gasteiger partial charge < -0.3 is 20.3 Å². The maximum absolute atomic E-state index is 12.0. The molecule has 0 aromatic heterocycles. The molecule has 1 amide bonds. The van der Waals surface area contributed by atoms with Gasteiger partial charge in [0.1, 0.15) is 6.54 Å². The fraction of sp³-hybridized carbons (Fsp3) is 0.636. The summed E-state index contributed by atoms with van der Waals surface area (Å²) in [5.41, 5.74) is 1.54. The SMILES string of the molecule is CN(C)C(=O)CN=C(NCC1CCOC1)NCC1(c2ccccc2)CCCC1. The van der Waals surface area contributed by atoms with Gasteiger partial charge in [-0.2, -0.15) is 0 Å². The average Bonchev–Trinajstić information content (AvgIpc) is 3.40. The van der Waals surface area contributed by atoms with Crippen LogP contribution < -0.4 is 10.6 Å². The summed E-state index contributed by atoms with van der Waals surface area (Å²) in [4.78, 5) is 18.1. The predicted molar refractivity (Wildman–Crippen MR) is 113 cm³/mol. The molecular formula is C22H34N4O2. The van der Waals surface area contributed by atoms with Crippen LogP contribution in [-0.2, 0) is 14.9 Å². The molecule has 0 radical (unpaired) electrons. The lowest BCUT2D eigenvalue weighted by Gasteiger charge is -2.31. The van der Waals surface area contributed by atoms with Gasteiger partial charge in [-0.1, -0.05) is 43.2 Å². The third kappa shape index (κ3) is 5.47. The number of nitrogens with one attached hydrogen (secondary N) is 2. The van der Waals surface area contributed by atoms with Crippen LogP contribution in [0.15, 0.2) is 35.3 Å². The van der Waals surface area contributed by atoms with Crippen LogP contribution in [-0.4, -0.2) is 63.7 Å². The first-order valence-corrected chi connectivity index (χ1v) is 10.4. The lowest BCUT2D eigenvalue weighted by Crippen LogP contribution is -2.46. The third-order valence-electron chi connectivity index (χ3n) is 5.99. The summed E-state index contributed by atoms with van der Waals surface area (Å²) in [7, 11) is 3.52. The van der Waals surface area contributed by atoms with Crippen LogP contribution in [0, 0.1) is 5.92 Å². The second-order valence-corrected chi connectivity index (χ2v) is 8.27. The molecule has 1 aliphatic heterocycles. The zero-order chi connectivity index (χ0) is 19.8. The van der Waals surface area contributed by atoms with Gasteiger partial charge in [0.2, 0.25) is 5.91 Å². The molecule has 1 saturated heterocycles. The zero-order valence-electron chi connectivity index (χ0n) is 17.2. The highest BCUT2D eigenvalue weighted by Crippen LogP contribution is 2.40. The lowest BCUT2D eigenvalue weighted by atomic mass is 9.79. The van der Waals surface area contributed by atoms with E-state index in [-0.39, 0.29) is 17.9 Å². The van der Waals surface area contributed by atoms with Gasteiger partial charge in [-0.3, -0.25) is 4.79 Å². The number of rotatable bonds is 7. The molecule has 3 rings (SSSR count). The van der Waals surface area contributed by atoms with Gasteiger partial charge in [-0.05, 0) is 24.8 Å². The van der Waals surface area contributed by atoms with Crippen LogP contribution in [0.2, 0.25) is 0 Å². The van der Waals surface area contributed by atoms with Crippen molar-refractivity contribution in [3.8, 4) is 0 Å². The van der Waals surface area contributed by atoms with E-state index < -0.39 is 0 Å². The van der Waals surface area contributed by atoms with E-state index >= 15 is 0 Å². The minimum Gasteiger partial charge on any atom is -0.381 e. The van der Waals surface area contributed by atoms with Crippen molar-refractivity contribution in [3.05, 3.63) is 35.9 Å². The summed E-state index contributed by atoms with van der Waals surface area (Å²) in [6.07, 6.45) is 5.96. The lowest BCUT2D eigenvalue weighted by molar-refractivity contribution is -0.127. The Hall–Kier alpha value is -2.08. The Bertz CT molecular complexity index is 648. The molecule has 2 N–H and O–H groups in total. The van der Waals surface area contributed by atoms with Crippen LogP contribution in [0.5, 0.6) is 0 Å². The molecule has 28 heavy (non-hydrogen) atoms. The van der Waals surface area contributed by atoms with Crippen molar-refractivity contribution in [3.63, 3.8) is 0 Å². The minimum atomic E-state index is 0.00365. The number of hydrogen-bond acceptors (Lipinski definition) is 3. The molecule has 0 spiro atoms. The van der Waals surface area contributed by atoms with Crippen molar-refractivity contribution in [1.82, 2.24) is 15.5 Å². The Balaban J connectivity index is 1.66. The molecule has 1 aromatic rings. The van der Waals surface area contributed by atoms with E-state index in [2.05, 4.69) is 46.0 Å². The molecule has 1 unspecified atom stereocenters. The van der Waals surface area contributed by atoms with E-state index in [1.165, 1.54) is 31.2 Å². The van der Waals surface area contributed by atoms with Gasteiger partial charge in [0, 0.05) is 45.1 Å². The average molecular weight is 387 g/mol. The normalized spacial score (nSPS) is 21.5. The molecule has 6 heteroatoms. The maximum atomic E-state index is 12.0. The number of benzene rings is 1. The van der Waals surface area contributed by atoms with E-state index in [0.29, 0.717) is 5.92 Å². The fourth-order valence-electron chi connectivity index (χ4n) is 4.11. The van der Waals surface area contributed by atoms with Crippen LogP contribution in [0.3, 0.4) is 0 Å². The molecule has 1 saturated carbocycles. The van der Waals surface area contributed by atoms with E-state index in [0.717, 1.165) is 38.7 Å². The molecule has 2 aliphatic rings. The maximum Gasteiger partial charge on any atom is 0.243 e. The second-order valence-electron chi connectivity index (χ2n) is 8.27. The summed E-state index contributed by atoms with van der Waals surface area (Å²) in [5.74, 6) is 1.24. The summed E-state index contributed by atoms with van der Waals surface area (Å²) in [6.45, 7) is 3.44. The zero-order valence-corrected chi connectivity index (χ0v) is 17.2. The highest BCUT2D eigenvalue weighted by molar-refractivity contribution is 5.84. The number of carbonyl (C=O) groups is 1. The van der Waals surface area contributed by atoms with Gasteiger partial charge in [0.15, 0.2) is 5.96 Å². The molecule has 1 heterocycles. The van der Waals surface area contributed by atoms with E-state index in [1.54, 1.807) is 19.0 Å². The Morgan fingerprint density at radius 1 is 1.21 bits per heavy atom. The first kappa shape index (κ1) is 20.6. The van der Waals surface area contributed by atoms with Gasteiger partial charge in [0.25, 0.3) is 0 Å². The van der Waals surface area contributed by atoms with Crippen molar-refractivity contribution < 1.29 is 9.53 Å². The van der Waals surface area contributed by atoms with Gasteiger partial charge >= 0.3 is 0 Å². The highest BCUT2D eigenvalue weighted by Gasteiger charge is 2.35. The standard InChI is InChI=1S/C22H34N4O2/c1-26(2)20(27)15-24-21(23-14-18-10-13-28-16-18)25-17-22(11-6-7-12-22)19-8-4-3-5-9-19/h3-5,8-9,18H,6-7,10-17H2,1-2H3,(H2,23,24,25). The van der Waals surface area contributed by atoms with Gasteiger partial charge in [-0.15, -0.1) is 0 Å². The van der Waals surface area contributed by atoms with Crippen molar-refractivity contribution >= 4 is 11.9 Å². The Morgan fingerprint density at radius 2 is 1.96 bits per heavy atom. The van der Waals surface area contributed by atoms with Crippen LogP contribution in [0.4, 0.5) is 0 Å². The van der Waals surface area contributed by atoms with Gasteiger partial charge in [-0.25, -0.2) is 4.99 Å². The van der Waals surface area contributed by atoms with Gasteiger partial charge in [0.05, 0.1) is 6.61 Å². The monoisotopic (exact) mass is 386 g/mol. The molecular weight excluding hydrogens is 352 g/mol. The van der Waals surface area contributed by atoms with E-state index in [1.807, 2.05) is 0 Å². The second kappa shape index (κ2) is 9.92. The molecule has 1 aliphatic carbocycles. The number of ether oxygens (including phenoxy) is 1. The summed E-state index contributed by atoms with van der Waals surface area (Å²) < 4.78 is 5.47. The van der Waals surface area contributed by atoms with Crippen LogP contribution in [0.25, 0.3) is 0 Å². The molecule has 1 aromatic carbocycles. The highest BCUT2D eigenvalue weighted by atomic mass is 16.5. The number of likely N-dealkylation sites (N-methyl/N-ethyl adjacent to an activating group) is 1. The number of carbonyl (C=O) groups excluding carboxylic acids is 1. The fourth-order valence-corrected chi connectivity index (χ4v) is 4.11. The number of nitrogens with zero attached hydrogens (tertiary/aromatic N) is 2. The Morgan fingerprint density at radius 3 is 2.61 bits per heavy atom.